The van der Waals surface area contributed by atoms with E-state index in [2.05, 4.69) is 10.5 Å². The molecule has 0 atom stereocenters. The lowest BCUT2D eigenvalue weighted by atomic mass is 10.2. The summed E-state index contributed by atoms with van der Waals surface area (Å²) in [5, 5.41) is 3.92. The van der Waals surface area contributed by atoms with E-state index in [4.69, 9.17) is 14.2 Å². The minimum absolute atomic E-state index is 0.138. The summed E-state index contributed by atoms with van der Waals surface area (Å²) in [5.74, 6) is -0.491. The Labute approximate surface area is 190 Å². The highest BCUT2D eigenvalue weighted by molar-refractivity contribution is 5.95. The lowest BCUT2D eigenvalue weighted by molar-refractivity contribution is -0.132. The first-order valence-electron chi connectivity index (χ1n) is 10.0. The van der Waals surface area contributed by atoms with Gasteiger partial charge in [0.25, 0.3) is 5.91 Å². The van der Waals surface area contributed by atoms with Gasteiger partial charge in [-0.3, -0.25) is 14.4 Å². The van der Waals surface area contributed by atoms with Gasteiger partial charge < -0.3 is 14.2 Å². The molecule has 3 rings (SSSR count). The van der Waals surface area contributed by atoms with Crippen LogP contribution in [0.3, 0.4) is 0 Å². The molecular weight excluding hydrogens is 424 g/mol. The van der Waals surface area contributed by atoms with Crippen molar-refractivity contribution in [2.75, 3.05) is 0 Å². The molecule has 33 heavy (non-hydrogen) atoms. The SMILES string of the molecule is CC(=O)Oc1ccc(C=NNC(=O)c2ccc(OCc3ccccc3)cc2)c(OC(C)=O)c1. The monoisotopic (exact) mass is 446 g/mol. The van der Waals surface area contributed by atoms with Crippen molar-refractivity contribution in [2.45, 2.75) is 20.5 Å². The zero-order valence-corrected chi connectivity index (χ0v) is 18.1. The summed E-state index contributed by atoms with van der Waals surface area (Å²) >= 11 is 0. The maximum atomic E-state index is 12.4. The van der Waals surface area contributed by atoms with Crippen molar-refractivity contribution in [1.82, 2.24) is 5.43 Å². The van der Waals surface area contributed by atoms with Crippen LogP contribution in [0.2, 0.25) is 0 Å². The largest absolute Gasteiger partial charge is 0.489 e. The van der Waals surface area contributed by atoms with E-state index in [0.717, 1.165) is 5.56 Å². The van der Waals surface area contributed by atoms with Gasteiger partial charge in [-0.05, 0) is 42.0 Å². The number of hydrogen-bond acceptors (Lipinski definition) is 7. The number of esters is 2. The maximum absolute atomic E-state index is 12.4. The zero-order chi connectivity index (χ0) is 23.6. The van der Waals surface area contributed by atoms with Gasteiger partial charge >= 0.3 is 11.9 Å². The molecule has 0 aliphatic rings. The minimum Gasteiger partial charge on any atom is -0.489 e. The molecule has 1 N–H and O–H groups in total. The highest BCUT2D eigenvalue weighted by atomic mass is 16.5. The Morgan fingerprint density at radius 2 is 1.52 bits per heavy atom. The molecule has 0 heterocycles. The van der Waals surface area contributed by atoms with Gasteiger partial charge in [-0.25, -0.2) is 5.43 Å². The number of hydrazone groups is 1. The van der Waals surface area contributed by atoms with E-state index in [9.17, 15) is 14.4 Å². The van der Waals surface area contributed by atoms with Crippen LogP contribution in [0.5, 0.6) is 17.2 Å². The molecule has 3 aromatic rings. The van der Waals surface area contributed by atoms with E-state index >= 15 is 0 Å². The maximum Gasteiger partial charge on any atom is 0.308 e. The second-order valence-corrected chi connectivity index (χ2v) is 6.88. The molecule has 0 bridgehead atoms. The number of carbonyl (C=O) groups is 3. The van der Waals surface area contributed by atoms with Crippen LogP contribution in [0.25, 0.3) is 0 Å². The van der Waals surface area contributed by atoms with Crippen LogP contribution in [0, 0.1) is 0 Å². The minimum atomic E-state index is -0.553. The highest BCUT2D eigenvalue weighted by Crippen LogP contribution is 2.24. The Hall–Kier alpha value is -4.46. The Balaban J connectivity index is 1.60. The Morgan fingerprint density at radius 1 is 0.848 bits per heavy atom. The van der Waals surface area contributed by atoms with Gasteiger partial charge in [-0.15, -0.1) is 0 Å². The Bertz CT molecular complexity index is 1160. The number of hydrogen-bond donors (Lipinski definition) is 1. The molecule has 0 aliphatic heterocycles. The third kappa shape index (κ3) is 7.32. The number of amides is 1. The number of benzene rings is 3. The fraction of sp³-hybridized carbons (Fsp3) is 0.120. The molecule has 0 aromatic heterocycles. The third-order valence-electron chi connectivity index (χ3n) is 4.23. The highest BCUT2D eigenvalue weighted by Gasteiger charge is 2.09. The summed E-state index contributed by atoms with van der Waals surface area (Å²) in [6.45, 7) is 2.93. The molecule has 8 heteroatoms. The standard InChI is InChI=1S/C25H22N2O6/c1-17(28)32-23-13-10-21(24(14-23)33-18(2)29)15-26-27-25(30)20-8-11-22(12-9-20)31-16-19-6-4-3-5-7-19/h3-15H,16H2,1-2H3,(H,27,30). The number of rotatable bonds is 8. The summed E-state index contributed by atoms with van der Waals surface area (Å²) < 4.78 is 15.8. The van der Waals surface area contributed by atoms with Gasteiger partial charge in [-0.1, -0.05) is 30.3 Å². The first-order chi connectivity index (χ1) is 15.9. The predicted molar refractivity (Wildman–Crippen MR) is 121 cm³/mol. The fourth-order valence-corrected chi connectivity index (χ4v) is 2.76. The van der Waals surface area contributed by atoms with E-state index in [1.54, 1.807) is 30.3 Å². The van der Waals surface area contributed by atoms with Gasteiger partial charge in [0.2, 0.25) is 0 Å². The molecule has 0 fully saturated rings. The van der Waals surface area contributed by atoms with Crippen molar-refractivity contribution in [1.29, 1.82) is 0 Å². The molecule has 1 amide bonds. The average molecular weight is 446 g/mol. The molecule has 0 saturated heterocycles. The van der Waals surface area contributed by atoms with Crippen LogP contribution >= 0.6 is 0 Å². The van der Waals surface area contributed by atoms with Crippen LogP contribution in [0.15, 0.2) is 77.9 Å². The molecule has 168 valence electrons. The summed E-state index contributed by atoms with van der Waals surface area (Å²) in [6.07, 6.45) is 1.32. The van der Waals surface area contributed by atoms with Crippen molar-refractivity contribution in [2.24, 2.45) is 5.10 Å². The quantitative estimate of drug-likeness (QED) is 0.244. The lowest BCUT2D eigenvalue weighted by Gasteiger charge is -2.08. The van der Waals surface area contributed by atoms with Crippen LogP contribution in [-0.4, -0.2) is 24.1 Å². The number of nitrogens with one attached hydrogen (secondary N) is 1. The van der Waals surface area contributed by atoms with Gasteiger partial charge in [0, 0.05) is 31.0 Å². The molecule has 0 aliphatic carbocycles. The number of carbonyl (C=O) groups excluding carboxylic acids is 3. The lowest BCUT2D eigenvalue weighted by Crippen LogP contribution is -2.17. The van der Waals surface area contributed by atoms with Gasteiger partial charge in [0.1, 0.15) is 23.9 Å². The van der Waals surface area contributed by atoms with E-state index in [1.165, 1.54) is 32.2 Å². The summed E-state index contributed by atoms with van der Waals surface area (Å²) in [5.41, 5.74) is 4.26. The first kappa shape index (κ1) is 23.2. The number of nitrogens with zero attached hydrogens (tertiary/aromatic N) is 1. The van der Waals surface area contributed by atoms with Crippen molar-refractivity contribution < 1.29 is 28.6 Å². The molecule has 0 unspecified atom stereocenters. The van der Waals surface area contributed by atoms with Crippen LogP contribution < -0.4 is 19.6 Å². The van der Waals surface area contributed by atoms with Crippen LogP contribution in [0.4, 0.5) is 0 Å². The van der Waals surface area contributed by atoms with Crippen LogP contribution in [0.1, 0.15) is 35.3 Å². The topological polar surface area (TPSA) is 103 Å². The molecule has 0 spiro atoms. The smallest absolute Gasteiger partial charge is 0.308 e. The normalized spacial score (nSPS) is 10.5. The van der Waals surface area contributed by atoms with Crippen LogP contribution in [-0.2, 0) is 16.2 Å². The van der Waals surface area contributed by atoms with Crippen molar-refractivity contribution in [3.8, 4) is 17.2 Å². The first-order valence-corrected chi connectivity index (χ1v) is 10.0. The Kier molecular flexibility index (Phi) is 7.91. The molecule has 0 radical (unpaired) electrons. The van der Waals surface area contributed by atoms with Crippen molar-refractivity contribution in [3.05, 3.63) is 89.5 Å². The molecule has 3 aromatic carbocycles. The van der Waals surface area contributed by atoms with E-state index in [-0.39, 0.29) is 11.5 Å². The number of ether oxygens (including phenoxy) is 3. The van der Waals surface area contributed by atoms with E-state index < -0.39 is 17.8 Å². The van der Waals surface area contributed by atoms with E-state index in [0.29, 0.717) is 23.5 Å². The zero-order valence-electron chi connectivity index (χ0n) is 18.1. The summed E-state index contributed by atoms with van der Waals surface area (Å²) in [7, 11) is 0. The fourth-order valence-electron chi connectivity index (χ4n) is 2.76. The summed E-state index contributed by atoms with van der Waals surface area (Å²) in [6, 6.07) is 20.9. The van der Waals surface area contributed by atoms with Gasteiger partial charge in [-0.2, -0.15) is 5.10 Å². The van der Waals surface area contributed by atoms with Crippen molar-refractivity contribution >= 4 is 24.1 Å². The molecular formula is C25H22N2O6. The van der Waals surface area contributed by atoms with E-state index in [1.807, 2.05) is 30.3 Å². The second kappa shape index (κ2) is 11.2. The molecule has 0 saturated carbocycles. The molecule has 8 nitrogen and oxygen atoms in total. The third-order valence-corrected chi connectivity index (χ3v) is 4.23. The summed E-state index contributed by atoms with van der Waals surface area (Å²) in [4.78, 5) is 34.8. The van der Waals surface area contributed by atoms with Crippen molar-refractivity contribution in [3.63, 3.8) is 0 Å². The Morgan fingerprint density at radius 3 is 2.18 bits per heavy atom. The van der Waals surface area contributed by atoms with Gasteiger partial charge in [0.15, 0.2) is 0 Å². The predicted octanol–water partition coefficient (Wildman–Crippen LogP) is 3.88. The average Bonchev–Trinajstić information content (AvgIpc) is 2.79. The van der Waals surface area contributed by atoms with Gasteiger partial charge in [0.05, 0.1) is 6.21 Å². The second-order valence-electron chi connectivity index (χ2n) is 6.88.